The predicted molar refractivity (Wildman–Crippen MR) is 90.8 cm³/mol. The zero-order valence-corrected chi connectivity index (χ0v) is 14.9. The lowest BCUT2D eigenvalue weighted by molar-refractivity contribution is -0.144. The Hall–Kier alpha value is -1.87. The number of hydrogen-bond donors (Lipinski definition) is 1. The average molecular weight is 388 g/mol. The van der Waals surface area contributed by atoms with Crippen molar-refractivity contribution in [2.45, 2.75) is 38.4 Å². The zero-order valence-electron chi connectivity index (χ0n) is 14.9. The molecule has 0 aliphatic carbocycles. The number of halogens is 3. The highest BCUT2D eigenvalue weighted by molar-refractivity contribution is 5.87. The van der Waals surface area contributed by atoms with Gasteiger partial charge in [0.2, 0.25) is 0 Å². The summed E-state index contributed by atoms with van der Waals surface area (Å²) in [6.45, 7) is 4.16. The number of ether oxygens (including phenoxy) is 1. The van der Waals surface area contributed by atoms with Gasteiger partial charge in [0.25, 0.3) is 5.56 Å². The topological polar surface area (TPSA) is 71.8 Å². The van der Waals surface area contributed by atoms with E-state index in [-0.39, 0.29) is 6.54 Å². The Labute approximate surface area is 154 Å². The lowest BCUT2D eigenvalue weighted by Gasteiger charge is -2.52. The van der Waals surface area contributed by atoms with Gasteiger partial charge in [0.1, 0.15) is 11.3 Å². The lowest BCUT2D eigenvalue weighted by Crippen LogP contribution is -2.58. The molecule has 2 aliphatic rings. The van der Waals surface area contributed by atoms with Gasteiger partial charge in [-0.05, 0) is 44.4 Å². The van der Waals surface area contributed by atoms with Crippen LogP contribution in [0.15, 0.2) is 16.9 Å². The highest BCUT2D eigenvalue weighted by Crippen LogP contribution is 2.39. The van der Waals surface area contributed by atoms with E-state index in [1.54, 1.807) is 0 Å². The number of pyridine rings is 1. The van der Waals surface area contributed by atoms with Crippen LogP contribution in [0.3, 0.4) is 0 Å². The number of aromatic nitrogens is 1. The molecule has 0 atom stereocenters. The van der Waals surface area contributed by atoms with Gasteiger partial charge in [-0.25, -0.2) is 4.79 Å². The van der Waals surface area contributed by atoms with E-state index in [2.05, 4.69) is 4.90 Å². The van der Waals surface area contributed by atoms with Gasteiger partial charge in [-0.15, -0.1) is 0 Å². The third-order valence-electron chi connectivity index (χ3n) is 5.47. The van der Waals surface area contributed by atoms with Crippen LogP contribution in [0.5, 0.6) is 0 Å². The average Bonchev–Trinajstić information content (AvgIpc) is 2.57. The van der Waals surface area contributed by atoms with E-state index in [0.717, 1.165) is 51.8 Å². The predicted octanol–water partition coefficient (Wildman–Crippen LogP) is 2.46. The van der Waals surface area contributed by atoms with E-state index in [4.69, 9.17) is 9.84 Å². The summed E-state index contributed by atoms with van der Waals surface area (Å²) >= 11 is 0. The van der Waals surface area contributed by atoms with Gasteiger partial charge >= 0.3 is 12.1 Å². The first kappa shape index (κ1) is 19.9. The number of carboxylic acids is 1. The van der Waals surface area contributed by atoms with E-state index in [1.165, 1.54) is 0 Å². The first-order valence-electron chi connectivity index (χ1n) is 9.06. The van der Waals surface area contributed by atoms with Crippen LogP contribution < -0.4 is 5.56 Å². The van der Waals surface area contributed by atoms with Crippen molar-refractivity contribution in [2.24, 2.45) is 5.41 Å². The first-order chi connectivity index (χ1) is 12.7. The Morgan fingerprint density at radius 1 is 1.15 bits per heavy atom. The molecule has 1 aromatic heterocycles. The molecule has 2 aliphatic heterocycles. The van der Waals surface area contributed by atoms with Crippen molar-refractivity contribution in [1.29, 1.82) is 0 Å². The smallest absolute Gasteiger partial charge is 0.431 e. The molecule has 0 aromatic carbocycles. The van der Waals surface area contributed by atoms with Crippen molar-refractivity contribution < 1.29 is 27.8 Å². The van der Waals surface area contributed by atoms with E-state index in [0.29, 0.717) is 28.9 Å². The third-order valence-corrected chi connectivity index (χ3v) is 5.47. The second-order valence-electron chi connectivity index (χ2n) is 7.42. The number of carboxylic acid groups (broad SMARTS) is 1. The van der Waals surface area contributed by atoms with Gasteiger partial charge in [0.05, 0.1) is 0 Å². The van der Waals surface area contributed by atoms with E-state index in [9.17, 15) is 22.8 Å². The Kier molecular flexibility index (Phi) is 5.62. The molecular formula is C18H23F3N2O4. The van der Waals surface area contributed by atoms with Crippen LogP contribution in [0.2, 0.25) is 0 Å². The minimum atomic E-state index is -4.71. The largest absolute Gasteiger partial charge is 0.477 e. The Balaban J connectivity index is 1.57. The molecule has 1 aromatic rings. The summed E-state index contributed by atoms with van der Waals surface area (Å²) in [7, 11) is 0. The normalized spacial score (nSPS) is 19.8. The minimum absolute atomic E-state index is 0.151. The number of carbonyl (C=O) groups is 1. The maximum absolute atomic E-state index is 13.1. The molecule has 3 heterocycles. The molecule has 0 unspecified atom stereocenters. The molecule has 3 rings (SSSR count). The van der Waals surface area contributed by atoms with Gasteiger partial charge in [-0.3, -0.25) is 4.79 Å². The molecule has 6 nitrogen and oxygen atoms in total. The van der Waals surface area contributed by atoms with Crippen LogP contribution in [0.4, 0.5) is 13.2 Å². The van der Waals surface area contributed by atoms with Crippen LogP contribution in [0.1, 0.15) is 41.7 Å². The number of hydrogen-bond acceptors (Lipinski definition) is 4. The van der Waals surface area contributed by atoms with Crippen LogP contribution in [0, 0.1) is 5.41 Å². The van der Waals surface area contributed by atoms with E-state index in [1.807, 2.05) is 0 Å². The molecule has 1 N–H and O–H groups in total. The maximum atomic E-state index is 13.1. The van der Waals surface area contributed by atoms with Crippen LogP contribution in [0.25, 0.3) is 0 Å². The standard InChI is InChI=1S/C18H23F3N2O4/c19-18(20,21)14-4-3-13(16(25)26)15(24)23(14)8-2-1-7-22-11-17(12-22)5-9-27-10-6-17/h3-4H,1-2,5-12H2,(H,25,26). The van der Waals surface area contributed by atoms with Gasteiger partial charge in [-0.1, -0.05) is 0 Å². The maximum Gasteiger partial charge on any atom is 0.431 e. The highest BCUT2D eigenvalue weighted by Gasteiger charge is 2.43. The van der Waals surface area contributed by atoms with Crippen LogP contribution in [-0.4, -0.2) is 53.4 Å². The first-order valence-corrected chi connectivity index (χ1v) is 9.06. The van der Waals surface area contributed by atoms with Gasteiger partial charge in [0.15, 0.2) is 0 Å². The zero-order chi connectivity index (χ0) is 19.7. The summed E-state index contributed by atoms with van der Waals surface area (Å²) in [5.41, 5.74) is -2.52. The summed E-state index contributed by atoms with van der Waals surface area (Å²) in [4.78, 5) is 25.4. The molecule has 1 spiro atoms. The summed E-state index contributed by atoms with van der Waals surface area (Å²) in [6, 6.07) is 1.38. The van der Waals surface area contributed by atoms with Gasteiger partial charge in [-0.2, -0.15) is 13.2 Å². The van der Waals surface area contributed by atoms with Gasteiger partial charge < -0.3 is 19.3 Å². The Morgan fingerprint density at radius 2 is 1.78 bits per heavy atom. The summed E-state index contributed by atoms with van der Waals surface area (Å²) in [5.74, 6) is -1.52. The lowest BCUT2D eigenvalue weighted by atomic mass is 9.73. The van der Waals surface area contributed by atoms with Crippen molar-refractivity contribution >= 4 is 5.97 Å². The van der Waals surface area contributed by atoms with E-state index < -0.39 is 29.0 Å². The van der Waals surface area contributed by atoms with E-state index >= 15 is 0 Å². The Bertz CT molecular complexity index is 746. The van der Waals surface area contributed by atoms with Crippen molar-refractivity contribution in [1.82, 2.24) is 9.47 Å². The molecule has 27 heavy (non-hydrogen) atoms. The van der Waals surface area contributed by atoms with Crippen molar-refractivity contribution in [3.05, 3.63) is 33.7 Å². The minimum Gasteiger partial charge on any atom is -0.477 e. The molecule has 0 saturated carbocycles. The second-order valence-corrected chi connectivity index (χ2v) is 7.42. The number of rotatable bonds is 6. The van der Waals surface area contributed by atoms with Crippen molar-refractivity contribution in [3.8, 4) is 0 Å². The summed E-state index contributed by atoms with van der Waals surface area (Å²) in [5, 5.41) is 8.98. The molecule has 0 amide bonds. The van der Waals surface area contributed by atoms with Crippen molar-refractivity contribution in [2.75, 3.05) is 32.8 Å². The molecule has 0 bridgehead atoms. The molecule has 0 radical (unpaired) electrons. The molecular weight excluding hydrogens is 365 g/mol. The summed E-state index contributed by atoms with van der Waals surface area (Å²) < 4.78 is 45.3. The molecule has 150 valence electrons. The van der Waals surface area contributed by atoms with Crippen LogP contribution >= 0.6 is 0 Å². The second kappa shape index (κ2) is 7.63. The molecule has 2 saturated heterocycles. The number of likely N-dealkylation sites (tertiary alicyclic amines) is 1. The number of unbranched alkanes of at least 4 members (excludes halogenated alkanes) is 1. The van der Waals surface area contributed by atoms with Gasteiger partial charge in [0, 0.05) is 38.3 Å². The molecule has 9 heteroatoms. The fourth-order valence-corrected chi connectivity index (χ4v) is 4.00. The number of nitrogens with zero attached hydrogens (tertiary/aromatic N) is 2. The van der Waals surface area contributed by atoms with Crippen molar-refractivity contribution in [3.63, 3.8) is 0 Å². The Morgan fingerprint density at radius 3 is 2.37 bits per heavy atom. The van der Waals surface area contributed by atoms with Crippen LogP contribution in [-0.2, 0) is 17.5 Å². The highest BCUT2D eigenvalue weighted by atomic mass is 19.4. The number of aromatic carboxylic acids is 1. The number of alkyl halides is 3. The molecule has 2 fully saturated rings. The monoisotopic (exact) mass is 388 g/mol. The SMILES string of the molecule is O=C(O)c1ccc(C(F)(F)F)n(CCCCN2CC3(CCOCC3)C2)c1=O. The quantitative estimate of drug-likeness (QED) is 0.758. The fourth-order valence-electron chi connectivity index (χ4n) is 4.00. The fraction of sp³-hybridized carbons (Fsp3) is 0.667. The third kappa shape index (κ3) is 4.35. The summed E-state index contributed by atoms with van der Waals surface area (Å²) in [6.07, 6.45) is -1.58.